The van der Waals surface area contributed by atoms with Crippen LogP contribution in [-0.4, -0.2) is 20.5 Å². The van der Waals surface area contributed by atoms with Gasteiger partial charge >= 0.3 is 0 Å². The van der Waals surface area contributed by atoms with Crippen LogP contribution in [0.5, 0.6) is 0 Å². The summed E-state index contributed by atoms with van der Waals surface area (Å²) in [5.74, 6) is 1.39. The lowest BCUT2D eigenvalue weighted by Crippen LogP contribution is -2.36. The average Bonchev–Trinajstić information content (AvgIpc) is 3.15. The summed E-state index contributed by atoms with van der Waals surface area (Å²) in [4.78, 5) is 18.0. The van der Waals surface area contributed by atoms with Crippen LogP contribution in [0.4, 0.5) is 5.95 Å². The number of fused-ring (bicyclic) bond motifs is 1. The first kappa shape index (κ1) is 19.3. The van der Waals surface area contributed by atoms with E-state index in [1.807, 2.05) is 41.9 Å². The zero-order chi connectivity index (χ0) is 21.8. The Balaban J connectivity index is 1.68. The van der Waals surface area contributed by atoms with Crippen molar-refractivity contribution in [3.05, 3.63) is 76.5 Å². The minimum absolute atomic E-state index is 0.111. The van der Waals surface area contributed by atoms with Crippen molar-refractivity contribution in [3.8, 4) is 17.5 Å². The summed E-state index contributed by atoms with van der Waals surface area (Å²) < 4.78 is 1.81. The predicted molar refractivity (Wildman–Crippen MR) is 118 cm³/mol. The number of nitrogens with one attached hydrogen (secondary N) is 1. The van der Waals surface area contributed by atoms with Crippen molar-refractivity contribution in [2.45, 2.75) is 39.7 Å². The highest BCUT2D eigenvalue weighted by Crippen LogP contribution is 2.45. The summed E-state index contributed by atoms with van der Waals surface area (Å²) in [5, 5.41) is 17.4. The van der Waals surface area contributed by atoms with Crippen LogP contribution in [0.15, 0.2) is 59.8 Å². The number of anilines is 1. The molecule has 154 valence electrons. The Kier molecular flexibility index (Phi) is 4.30. The van der Waals surface area contributed by atoms with Crippen LogP contribution in [-0.2, 0) is 4.79 Å². The molecule has 3 aromatic rings. The maximum absolute atomic E-state index is 13.3. The van der Waals surface area contributed by atoms with Gasteiger partial charge in [-0.25, -0.2) is 4.68 Å². The van der Waals surface area contributed by atoms with Gasteiger partial charge < -0.3 is 5.32 Å². The lowest BCUT2D eigenvalue weighted by Gasteiger charge is -2.38. The van der Waals surface area contributed by atoms with Crippen molar-refractivity contribution >= 4 is 11.7 Å². The van der Waals surface area contributed by atoms with Gasteiger partial charge in [-0.1, -0.05) is 49.7 Å². The number of carbonyl (C=O) groups excluding carboxylic acids is 1. The standard InChI is InChI=1S/C25H23N5O/c1-15-5-4-6-18(11-15)23-28-24-27-19-12-25(2,3)13-20(31)21(19)22(30(24)29-23)17-9-7-16(14-26)8-10-17/h4-11,22H,12-13H2,1-3H3,(H,27,28,29). The summed E-state index contributed by atoms with van der Waals surface area (Å²) in [6.07, 6.45) is 1.27. The molecular weight excluding hydrogens is 386 g/mol. The van der Waals surface area contributed by atoms with Crippen molar-refractivity contribution in [3.63, 3.8) is 0 Å². The van der Waals surface area contributed by atoms with Crippen LogP contribution in [0.25, 0.3) is 11.4 Å². The molecule has 0 amide bonds. The molecule has 2 aromatic carbocycles. The Morgan fingerprint density at radius 1 is 1.16 bits per heavy atom. The average molecular weight is 409 g/mol. The number of allylic oxidation sites excluding steroid dienone is 2. The number of Topliss-reactive ketones (excluding diaryl/α,β-unsaturated/α-hetero) is 1. The van der Waals surface area contributed by atoms with Crippen molar-refractivity contribution in [1.82, 2.24) is 14.8 Å². The molecule has 0 radical (unpaired) electrons. The number of rotatable bonds is 2. The highest BCUT2D eigenvalue weighted by Gasteiger charge is 2.41. The highest BCUT2D eigenvalue weighted by atomic mass is 16.1. The largest absolute Gasteiger partial charge is 0.328 e. The molecular formula is C25H23N5O. The second-order valence-electron chi connectivity index (χ2n) is 9.17. The summed E-state index contributed by atoms with van der Waals surface area (Å²) >= 11 is 0. The molecule has 0 fully saturated rings. The third-order valence-electron chi connectivity index (χ3n) is 5.96. The maximum atomic E-state index is 13.3. The SMILES string of the molecule is Cc1cccc(-c2nc3n(n2)C(c2ccc(C#N)cc2)C2=C(CC(C)(C)CC2=O)N3)c1. The number of hydrogen-bond acceptors (Lipinski definition) is 5. The number of hydrogen-bond donors (Lipinski definition) is 1. The maximum Gasteiger partial charge on any atom is 0.226 e. The highest BCUT2D eigenvalue weighted by molar-refractivity contribution is 6.00. The van der Waals surface area contributed by atoms with Crippen molar-refractivity contribution in [2.75, 3.05) is 5.32 Å². The number of ketones is 1. The van der Waals surface area contributed by atoms with Gasteiger partial charge in [-0.05, 0) is 42.5 Å². The predicted octanol–water partition coefficient (Wildman–Crippen LogP) is 4.78. The van der Waals surface area contributed by atoms with Gasteiger partial charge in [0, 0.05) is 23.3 Å². The Morgan fingerprint density at radius 2 is 1.94 bits per heavy atom. The molecule has 1 aromatic heterocycles. The lowest BCUT2D eigenvalue weighted by molar-refractivity contribution is -0.118. The molecule has 0 saturated carbocycles. The fraction of sp³-hybridized carbons (Fsp3) is 0.280. The van der Waals surface area contributed by atoms with E-state index in [-0.39, 0.29) is 17.2 Å². The number of aromatic nitrogens is 3. The molecule has 1 aliphatic carbocycles. The third kappa shape index (κ3) is 3.32. The van der Waals surface area contributed by atoms with Crippen LogP contribution in [0.2, 0.25) is 0 Å². The second-order valence-corrected chi connectivity index (χ2v) is 9.17. The monoisotopic (exact) mass is 409 g/mol. The molecule has 0 spiro atoms. The third-order valence-corrected chi connectivity index (χ3v) is 5.96. The molecule has 6 heteroatoms. The van der Waals surface area contributed by atoms with Gasteiger partial charge in [0.25, 0.3) is 0 Å². The van der Waals surface area contributed by atoms with E-state index >= 15 is 0 Å². The first-order valence-corrected chi connectivity index (χ1v) is 10.4. The van der Waals surface area contributed by atoms with Gasteiger partial charge in [-0.2, -0.15) is 10.2 Å². The van der Waals surface area contributed by atoms with Crippen LogP contribution in [0, 0.1) is 23.7 Å². The minimum Gasteiger partial charge on any atom is -0.328 e. The van der Waals surface area contributed by atoms with E-state index in [2.05, 4.69) is 31.3 Å². The molecule has 2 aliphatic rings. The van der Waals surface area contributed by atoms with Crippen molar-refractivity contribution in [2.24, 2.45) is 5.41 Å². The Bertz CT molecular complexity index is 1270. The van der Waals surface area contributed by atoms with Crippen molar-refractivity contribution in [1.29, 1.82) is 5.26 Å². The van der Waals surface area contributed by atoms with E-state index in [1.165, 1.54) is 0 Å². The smallest absolute Gasteiger partial charge is 0.226 e. The van der Waals surface area contributed by atoms with Crippen molar-refractivity contribution < 1.29 is 4.79 Å². The topological polar surface area (TPSA) is 83.6 Å². The molecule has 6 nitrogen and oxygen atoms in total. The summed E-state index contributed by atoms with van der Waals surface area (Å²) in [6, 6.07) is 17.3. The zero-order valence-electron chi connectivity index (χ0n) is 17.8. The summed E-state index contributed by atoms with van der Waals surface area (Å²) in [6.45, 7) is 6.27. The quantitative estimate of drug-likeness (QED) is 0.658. The van der Waals surface area contributed by atoms with Crippen LogP contribution >= 0.6 is 0 Å². The molecule has 2 heterocycles. The van der Waals surface area contributed by atoms with Crippen LogP contribution < -0.4 is 5.32 Å². The van der Waals surface area contributed by atoms with E-state index in [9.17, 15) is 10.1 Å². The Morgan fingerprint density at radius 3 is 2.65 bits per heavy atom. The molecule has 1 aliphatic heterocycles. The number of nitriles is 1. The van der Waals surface area contributed by atoms with E-state index in [4.69, 9.17) is 10.1 Å². The molecule has 1 unspecified atom stereocenters. The van der Waals surface area contributed by atoms with Gasteiger partial charge in [0.05, 0.1) is 11.6 Å². The Hall–Kier alpha value is -3.72. The molecule has 5 rings (SSSR count). The van der Waals surface area contributed by atoms with E-state index in [1.54, 1.807) is 12.1 Å². The molecule has 0 saturated heterocycles. The van der Waals surface area contributed by atoms with Gasteiger partial charge in [0.1, 0.15) is 6.04 Å². The summed E-state index contributed by atoms with van der Waals surface area (Å²) in [7, 11) is 0. The number of aryl methyl sites for hydroxylation is 1. The zero-order valence-corrected chi connectivity index (χ0v) is 17.8. The first-order valence-electron chi connectivity index (χ1n) is 10.4. The fourth-order valence-electron chi connectivity index (χ4n) is 4.56. The first-order chi connectivity index (χ1) is 14.8. The number of nitrogens with zero attached hydrogens (tertiary/aromatic N) is 4. The van der Waals surface area contributed by atoms with Gasteiger partial charge in [-0.15, -0.1) is 5.10 Å². The van der Waals surface area contributed by atoms with Crippen LogP contribution in [0.1, 0.15) is 49.4 Å². The van der Waals surface area contributed by atoms with E-state index < -0.39 is 0 Å². The lowest BCUT2D eigenvalue weighted by atomic mass is 9.73. The molecule has 31 heavy (non-hydrogen) atoms. The number of carbonyl (C=O) groups is 1. The minimum atomic E-state index is -0.367. The molecule has 1 atom stereocenters. The van der Waals surface area contributed by atoms with Crippen LogP contribution in [0.3, 0.4) is 0 Å². The van der Waals surface area contributed by atoms with Gasteiger partial charge in [0.15, 0.2) is 11.6 Å². The second kappa shape index (κ2) is 6.92. The summed E-state index contributed by atoms with van der Waals surface area (Å²) in [5.41, 5.74) is 5.14. The normalized spacial score (nSPS) is 19.3. The van der Waals surface area contributed by atoms with E-state index in [0.29, 0.717) is 23.8 Å². The Labute approximate surface area is 181 Å². The fourth-order valence-corrected chi connectivity index (χ4v) is 4.56. The molecule has 0 bridgehead atoms. The van der Waals surface area contributed by atoms with Gasteiger partial charge in [-0.3, -0.25) is 4.79 Å². The molecule has 1 N–H and O–H groups in total. The van der Waals surface area contributed by atoms with Gasteiger partial charge in [0.2, 0.25) is 5.95 Å². The number of benzene rings is 2. The van der Waals surface area contributed by atoms with E-state index in [0.717, 1.165) is 34.4 Å².